The van der Waals surface area contributed by atoms with Crippen LogP contribution in [0.4, 0.5) is 10.1 Å². The number of halogens is 1. The van der Waals surface area contributed by atoms with Crippen molar-refractivity contribution < 1.29 is 18.7 Å². The second kappa shape index (κ2) is 5.39. The van der Waals surface area contributed by atoms with Gasteiger partial charge in [-0.3, -0.25) is 0 Å². The SMILES string of the molecule is COC(=O)c1cccc(N)c1Oc1ccc(F)cc1. The Morgan fingerprint density at radius 1 is 1.16 bits per heavy atom. The second-order valence-corrected chi connectivity index (χ2v) is 3.77. The Balaban J connectivity index is 2.38. The van der Waals surface area contributed by atoms with Gasteiger partial charge in [0, 0.05) is 0 Å². The van der Waals surface area contributed by atoms with Crippen molar-refractivity contribution >= 4 is 11.7 Å². The van der Waals surface area contributed by atoms with Gasteiger partial charge in [0.1, 0.15) is 17.1 Å². The van der Waals surface area contributed by atoms with E-state index in [4.69, 9.17) is 10.5 Å². The highest BCUT2D eigenvalue weighted by Gasteiger charge is 2.16. The lowest BCUT2D eigenvalue weighted by Crippen LogP contribution is -2.05. The molecular weight excluding hydrogens is 249 g/mol. The third kappa shape index (κ3) is 2.82. The van der Waals surface area contributed by atoms with Gasteiger partial charge in [0.2, 0.25) is 0 Å². The zero-order valence-corrected chi connectivity index (χ0v) is 10.2. The molecular formula is C14H12FNO3. The molecule has 0 aromatic heterocycles. The third-order valence-corrected chi connectivity index (χ3v) is 2.48. The van der Waals surface area contributed by atoms with Gasteiger partial charge in [-0.1, -0.05) is 6.07 Å². The zero-order valence-electron chi connectivity index (χ0n) is 10.2. The number of para-hydroxylation sites is 1. The number of carbonyl (C=O) groups excluding carboxylic acids is 1. The summed E-state index contributed by atoms with van der Waals surface area (Å²) in [6.45, 7) is 0. The smallest absolute Gasteiger partial charge is 0.341 e. The number of benzene rings is 2. The Labute approximate surface area is 109 Å². The number of carbonyl (C=O) groups is 1. The summed E-state index contributed by atoms with van der Waals surface area (Å²) in [6.07, 6.45) is 0. The van der Waals surface area contributed by atoms with E-state index >= 15 is 0 Å². The molecule has 98 valence electrons. The van der Waals surface area contributed by atoms with E-state index in [1.165, 1.54) is 31.4 Å². The van der Waals surface area contributed by atoms with Crippen molar-refractivity contribution in [3.63, 3.8) is 0 Å². The van der Waals surface area contributed by atoms with E-state index in [-0.39, 0.29) is 17.1 Å². The predicted molar refractivity (Wildman–Crippen MR) is 68.7 cm³/mol. The van der Waals surface area contributed by atoms with Crippen LogP contribution in [0.5, 0.6) is 11.5 Å². The number of hydrogen-bond acceptors (Lipinski definition) is 4. The summed E-state index contributed by atoms with van der Waals surface area (Å²) in [4.78, 5) is 11.6. The third-order valence-electron chi connectivity index (χ3n) is 2.48. The first kappa shape index (κ1) is 12.9. The number of rotatable bonds is 3. The van der Waals surface area contributed by atoms with Crippen molar-refractivity contribution in [2.24, 2.45) is 0 Å². The van der Waals surface area contributed by atoms with E-state index in [1.807, 2.05) is 0 Å². The fraction of sp³-hybridized carbons (Fsp3) is 0.0714. The van der Waals surface area contributed by atoms with E-state index in [0.29, 0.717) is 11.4 Å². The van der Waals surface area contributed by atoms with Gasteiger partial charge < -0.3 is 15.2 Å². The lowest BCUT2D eigenvalue weighted by atomic mass is 10.1. The summed E-state index contributed by atoms with van der Waals surface area (Å²) in [5.74, 6) is -0.351. The van der Waals surface area contributed by atoms with Crippen LogP contribution in [0.15, 0.2) is 42.5 Å². The predicted octanol–water partition coefficient (Wildman–Crippen LogP) is 2.99. The molecule has 0 radical (unpaired) electrons. The average molecular weight is 261 g/mol. The van der Waals surface area contributed by atoms with E-state index < -0.39 is 5.97 Å². The minimum Gasteiger partial charge on any atom is -0.465 e. The number of hydrogen-bond donors (Lipinski definition) is 1. The number of nitrogen functional groups attached to an aromatic ring is 1. The number of anilines is 1. The topological polar surface area (TPSA) is 61.5 Å². The summed E-state index contributed by atoms with van der Waals surface area (Å²) in [5.41, 5.74) is 6.30. The molecule has 0 aliphatic rings. The molecule has 4 nitrogen and oxygen atoms in total. The van der Waals surface area contributed by atoms with Crippen molar-refractivity contribution in [2.45, 2.75) is 0 Å². The molecule has 0 heterocycles. The van der Waals surface area contributed by atoms with E-state index in [0.717, 1.165) is 0 Å². The Bertz CT molecular complexity index is 596. The molecule has 2 N–H and O–H groups in total. The van der Waals surface area contributed by atoms with Crippen LogP contribution >= 0.6 is 0 Å². The van der Waals surface area contributed by atoms with Gasteiger partial charge in [0.05, 0.1) is 12.8 Å². The summed E-state index contributed by atoms with van der Waals surface area (Å²) < 4.78 is 23.0. The zero-order chi connectivity index (χ0) is 13.8. The standard InChI is InChI=1S/C14H12FNO3/c1-18-14(17)11-3-2-4-12(16)13(11)19-10-7-5-9(15)6-8-10/h2-8H,16H2,1H3. The molecule has 0 unspecified atom stereocenters. The fourth-order valence-electron chi connectivity index (χ4n) is 1.56. The normalized spacial score (nSPS) is 10.0. The van der Waals surface area contributed by atoms with Gasteiger partial charge in [0.25, 0.3) is 0 Å². The van der Waals surface area contributed by atoms with Gasteiger partial charge in [-0.25, -0.2) is 9.18 Å². The van der Waals surface area contributed by atoms with Crippen molar-refractivity contribution in [3.8, 4) is 11.5 Å². The largest absolute Gasteiger partial charge is 0.465 e. The molecule has 0 aliphatic carbocycles. The number of nitrogens with two attached hydrogens (primary N) is 1. The molecule has 19 heavy (non-hydrogen) atoms. The summed E-state index contributed by atoms with van der Waals surface area (Å²) in [7, 11) is 1.27. The van der Waals surface area contributed by atoms with Crippen LogP contribution in [-0.2, 0) is 4.74 Å². The van der Waals surface area contributed by atoms with Crippen LogP contribution in [0.3, 0.4) is 0 Å². The van der Waals surface area contributed by atoms with Crippen molar-refractivity contribution in [3.05, 3.63) is 53.8 Å². The first-order chi connectivity index (χ1) is 9.11. The quantitative estimate of drug-likeness (QED) is 0.681. The monoisotopic (exact) mass is 261 g/mol. The maximum atomic E-state index is 12.8. The van der Waals surface area contributed by atoms with E-state index in [1.54, 1.807) is 18.2 Å². The summed E-state index contributed by atoms with van der Waals surface area (Å²) >= 11 is 0. The van der Waals surface area contributed by atoms with Crippen molar-refractivity contribution in [1.82, 2.24) is 0 Å². The molecule has 0 amide bonds. The molecule has 2 aromatic carbocycles. The number of methoxy groups -OCH3 is 1. The Kier molecular flexibility index (Phi) is 3.66. The first-order valence-electron chi connectivity index (χ1n) is 5.52. The molecule has 0 saturated heterocycles. The lowest BCUT2D eigenvalue weighted by molar-refractivity contribution is 0.0598. The summed E-state index contributed by atoms with van der Waals surface area (Å²) in [5, 5.41) is 0. The van der Waals surface area contributed by atoms with Crippen LogP contribution in [0, 0.1) is 5.82 Å². The molecule has 0 spiro atoms. The van der Waals surface area contributed by atoms with Crippen LogP contribution in [0.1, 0.15) is 10.4 Å². The Morgan fingerprint density at radius 2 is 1.84 bits per heavy atom. The molecule has 0 fully saturated rings. The molecule has 5 heteroatoms. The highest BCUT2D eigenvalue weighted by atomic mass is 19.1. The highest BCUT2D eigenvalue weighted by molar-refractivity contribution is 5.94. The number of ether oxygens (including phenoxy) is 2. The van der Waals surface area contributed by atoms with Gasteiger partial charge in [-0.15, -0.1) is 0 Å². The first-order valence-corrected chi connectivity index (χ1v) is 5.52. The maximum absolute atomic E-state index is 12.8. The van der Waals surface area contributed by atoms with E-state index in [9.17, 15) is 9.18 Å². The van der Waals surface area contributed by atoms with Gasteiger partial charge in [-0.05, 0) is 36.4 Å². The minimum atomic E-state index is -0.551. The molecule has 2 rings (SSSR count). The number of esters is 1. The maximum Gasteiger partial charge on any atom is 0.341 e. The van der Waals surface area contributed by atoms with Gasteiger partial charge in [0.15, 0.2) is 5.75 Å². The van der Waals surface area contributed by atoms with Gasteiger partial charge >= 0.3 is 5.97 Å². The lowest BCUT2D eigenvalue weighted by Gasteiger charge is -2.12. The van der Waals surface area contributed by atoms with E-state index in [2.05, 4.69) is 4.74 Å². The molecule has 2 aromatic rings. The Hall–Kier alpha value is -2.56. The van der Waals surface area contributed by atoms with Gasteiger partial charge in [-0.2, -0.15) is 0 Å². The fourth-order valence-corrected chi connectivity index (χ4v) is 1.56. The Morgan fingerprint density at radius 3 is 2.47 bits per heavy atom. The molecule has 0 saturated carbocycles. The molecule has 0 bridgehead atoms. The minimum absolute atomic E-state index is 0.195. The average Bonchev–Trinajstić information content (AvgIpc) is 2.42. The van der Waals surface area contributed by atoms with Crippen molar-refractivity contribution in [1.29, 1.82) is 0 Å². The van der Waals surface area contributed by atoms with Crippen LogP contribution in [0.2, 0.25) is 0 Å². The molecule has 0 aliphatic heterocycles. The van der Waals surface area contributed by atoms with Crippen LogP contribution in [-0.4, -0.2) is 13.1 Å². The van der Waals surface area contributed by atoms with Crippen LogP contribution in [0.25, 0.3) is 0 Å². The van der Waals surface area contributed by atoms with Crippen LogP contribution < -0.4 is 10.5 Å². The summed E-state index contributed by atoms with van der Waals surface area (Å²) in [6, 6.07) is 10.2. The second-order valence-electron chi connectivity index (χ2n) is 3.77. The van der Waals surface area contributed by atoms with Crippen molar-refractivity contribution in [2.75, 3.05) is 12.8 Å². The molecule has 0 atom stereocenters. The highest BCUT2D eigenvalue weighted by Crippen LogP contribution is 2.31.